The molecule has 58 valence electrons. The van der Waals surface area contributed by atoms with Gasteiger partial charge in [0.2, 0.25) is 6.41 Å². The molecule has 0 saturated carbocycles. The summed E-state index contributed by atoms with van der Waals surface area (Å²) in [6.07, 6.45) is 2.95. The normalized spacial score (nSPS) is 33.3. The van der Waals surface area contributed by atoms with E-state index in [0.29, 0.717) is 12.1 Å². The van der Waals surface area contributed by atoms with Crippen LogP contribution in [0.4, 0.5) is 0 Å². The third-order valence-electron chi connectivity index (χ3n) is 1.79. The van der Waals surface area contributed by atoms with Crippen LogP contribution in [0, 0.1) is 0 Å². The van der Waals surface area contributed by atoms with E-state index in [2.05, 4.69) is 5.32 Å². The Bertz CT molecular complexity index is 116. The number of ether oxygens (including phenoxy) is 1. The number of amides is 1. The van der Waals surface area contributed by atoms with Gasteiger partial charge < -0.3 is 10.1 Å². The predicted molar refractivity (Wildman–Crippen MR) is 37.6 cm³/mol. The Hall–Kier alpha value is -0.570. The molecule has 10 heavy (non-hydrogen) atoms. The average Bonchev–Trinajstić information content (AvgIpc) is 1.88. The highest BCUT2D eigenvalue weighted by molar-refractivity contribution is 5.46. The van der Waals surface area contributed by atoms with Gasteiger partial charge in [-0.3, -0.25) is 4.79 Å². The molecule has 2 unspecified atom stereocenters. The number of hydrogen-bond donors (Lipinski definition) is 1. The monoisotopic (exact) mass is 143 g/mol. The zero-order chi connectivity index (χ0) is 7.40. The zero-order valence-corrected chi connectivity index (χ0v) is 6.17. The molecule has 1 heterocycles. The van der Waals surface area contributed by atoms with Crippen molar-refractivity contribution in [2.24, 2.45) is 0 Å². The first-order chi connectivity index (χ1) is 4.83. The van der Waals surface area contributed by atoms with Crippen LogP contribution in [0.2, 0.25) is 0 Å². The van der Waals surface area contributed by atoms with Gasteiger partial charge in [0.05, 0.1) is 6.10 Å². The molecule has 1 fully saturated rings. The highest BCUT2D eigenvalue weighted by Gasteiger charge is 2.17. The average molecular weight is 143 g/mol. The molecule has 0 aromatic rings. The Morgan fingerprint density at radius 2 is 2.50 bits per heavy atom. The lowest BCUT2D eigenvalue weighted by Gasteiger charge is -2.26. The molecule has 0 aromatic carbocycles. The highest BCUT2D eigenvalue weighted by Crippen LogP contribution is 2.11. The molecule has 1 saturated heterocycles. The van der Waals surface area contributed by atoms with Gasteiger partial charge in [0.1, 0.15) is 0 Å². The molecular weight excluding hydrogens is 130 g/mol. The molecule has 0 spiro atoms. The largest absolute Gasteiger partial charge is 0.378 e. The van der Waals surface area contributed by atoms with Crippen molar-refractivity contribution >= 4 is 6.41 Å². The van der Waals surface area contributed by atoms with Crippen molar-refractivity contribution in [1.82, 2.24) is 5.32 Å². The van der Waals surface area contributed by atoms with Crippen molar-refractivity contribution in [2.75, 3.05) is 6.61 Å². The molecule has 1 N–H and O–H groups in total. The third-order valence-corrected chi connectivity index (χ3v) is 1.79. The Labute approximate surface area is 60.7 Å². The number of rotatable bonds is 2. The minimum Gasteiger partial charge on any atom is -0.378 e. The molecule has 1 rings (SSSR count). The smallest absolute Gasteiger partial charge is 0.207 e. The number of carbonyl (C=O) groups excluding carboxylic acids is 1. The van der Waals surface area contributed by atoms with E-state index in [9.17, 15) is 4.79 Å². The van der Waals surface area contributed by atoms with Crippen LogP contribution in [0.5, 0.6) is 0 Å². The summed E-state index contributed by atoms with van der Waals surface area (Å²) < 4.78 is 5.30. The number of carbonyl (C=O) groups is 1. The SMILES string of the molecule is CC1CC(NC=O)CCO1. The van der Waals surface area contributed by atoms with Gasteiger partial charge >= 0.3 is 0 Å². The lowest BCUT2D eigenvalue weighted by Crippen LogP contribution is -2.37. The van der Waals surface area contributed by atoms with E-state index < -0.39 is 0 Å². The van der Waals surface area contributed by atoms with Gasteiger partial charge in [0, 0.05) is 12.6 Å². The van der Waals surface area contributed by atoms with Crippen molar-refractivity contribution in [3.05, 3.63) is 0 Å². The summed E-state index contributed by atoms with van der Waals surface area (Å²) in [5, 5.41) is 2.75. The van der Waals surface area contributed by atoms with E-state index in [1.807, 2.05) is 6.92 Å². The molecule has 2 atom stereocenters. The van der Waals surface area contributed by atoms with Crippen LogP contribution >= 0.6 is 0 Å². The number of hydrogen-bond acceptors (Lipinski definition) is 2. The lowest BCUT2D eigenvalue weighted by atomic mass is 10.1. The van der Waals surface area contributed by atoms with E-state index in [4.69, 9.17) is 4.74 Å². The number of nitrogens with one attached hydrogen (secondary N) is 1. The van der Waals surface area contributed by atoms with Gasteiger partial charge in [-0.25, -0.2) is 0 Å². The minimum atomic E-state index is 0.297. The Morgan fingerprint density at radius 3 is 3.10 bits per heavy atom. The molecule has 1 aliphatic heterocycles. The van der Waals surface area contributed by atoms with Crippen LogP contribution < -0.4 is 5.32 Å². The van der Waals surface area contributed by atoms with Crippen molar-refractivity contribution < 1.29 is 9.53 Å². The zero-order valence-electron chi connectivity index (χ0n) is 6.17. The van der Waals surface area contributed by atoms with Crippen molar-refractivity contribution in [3.63, 3.8) is 0 Å². The Balaban J connectivity index is 2.24. The fraction of sp³-hybridized carbons (Fsp3) is 0.857. The standard InChI is InChI=1S/C7H13NO2/c1-6-4-7(8-5-9)2-3-10-6/h5-7H,2-4H2,1H3,(H,8,9). The first-order valence-corrected chi connectivity index (χ1v) is 3.64. The minimum absolute atomic E-state index is 0.297. The van der Waals surface area contributed by atoms with Crippen LogP contribution in [0.3, 0.4) is 0 Å². The van der Waals surface area contributed by atoms with E-state index in [0.717, 1.165) is 25.9 Å². The summed E-state index contributed by atoms with van der Waals surface area (Å²) in [4.78, 5) is 10.0. The van der Waals surface area contributed by atoms with Gasteiger partial charge in [-0.2, -0.15) is 0 Å². The molecule has 0 radical (unpaired) electrons. The molecule has 0 aromatic heterocycles. The maximum absolute atomic E-state index is 10.0. The summed E-state index contributed by atoms with van der Waals surface area (Å²) in [6.45, 7) is 2.80. The third kappa shape index (κ3) is 1.99. The Morgan fingerprint density at radius 1 is 1.70 bits per heavy atom. The summed E-state index contributed by atoms with van der Waals surface area (Å²) in [6, 6.07) is 0.334. The van der Waals surface area contributed by atoms with Crippen LogP contribution in [-0.4, -0.2) is 25.2 Å². The molecule has 1 amide bonds. The summed E-state index contributed by atoms with van der Waals surface area (Å²) in [5.74, 6) is 0. The predicted octanol–water partition coefficient (Wildman–Crippen LogP) is 0.300. The van der Waals surface area contributed by atoms with Gasteiger partial charge in [0.25, 0.3) is 0 Å². The van der Waals surface area contributed by atoms with Crippen LogP contribution in [0.1, 0.15) is 19.8 Å². The van der Waals surface area contributed by atoms with E-state index in [-0.39, 0.29) is 0 Å². The van der Waals surface area contributed by atoms with E-state index >= 15 is 0 Å². The summed E-state index contributed by atoms with van der Waals surface area (Å²) >= 11 is 0. The molecule has 0 aliphatic carbocycles. The first-order valence-electron chi connectivity index (χ1n) is 3.64. The lowest BCUT2D eigenvalue weighted by molar-refractivity contribution is -0.111. The fourth-order valence-electron chi connectivity index (χ4n) is 1.25. The highest BCUT2D eigenvalue weighted by atomic mass is 16.5. The quantitative estimate of drug-likeness (QED) is 0.564. The maximum Gasteiger partial charge on any atom is 0.207 e. The molecular formula is C7H13NO2. The maximum atomic E-state index is 10.0. The molecule has 3 nitrogen and oxygen atoms in total. The second-order valence-corrected chi connectivity index (χ2v) is 2.69. The van der Waals surface area contributed by atoms with Crippen LogP contribution in [0.25, 0.3) is 0 Å². The fourth-order valence-corrected chi connectivity index (χ4v) is 1.25. The summed E-state index contributed by atoms with van der Waals surface area (Å²) in [7, 11) is 0. The second kappa shape index (κ2) is 3.56. The van der Waals surface area contributed by atoms with E-state index in [1.165, 1.54) is 0 Å². The van der Waals surface area contributed by atoms with Gasteiger partial charge in [0.15, 0.2) is 0 Å². The van der Waals surface area contributed by atoms with Gasteiger partial charge in [-0.05, 0) is 19.8 Å². The molecule has 0 bridgehead atoms. The second-order valence-electron chi connectivity index (χ2n) is 2.69. The van der Waals surface area contributed by atoms with E-state index in [1.54, 1.807) is 0 Å². The van der Waals surface area contributed by atoms with Crippen LogP contribution in [-0.2, 0) is 9.53 Å². The summed E-state index contributed by atoms with van der Waals surface area (Å²) in [5.41, 5.74) is 0. The van der Waals surface area contributed by atoms with Crippen molar-refractivity contribution in [3.8, 4) is 0 Å². The van der Waals surface area contributed by atoms with Gasteiger partial charge in [-0.15, -0.1) is 0 Å². The van der Waals surface area contributed by atoms with Crippen molar-refractivity contribution in [2.45, 2.75) is 31.9 Å². The Kier molecular flexibility index (Phi) is 2.68. The first kappa shape index (κ1) is 7.54. The van der Waals surface area contributed by atoms with Crippen LogP contribution in [0.15, 0.2) is 0 Å². The van der Waals surface area contributed by atoms with Gasteiger partial charge in [-0.1, -0.05) is 0 Å². The van der Waals surface area contributed by atoms with Crippen molar-refractivity contribution in [1.29, 1.82) is 0 Å². The molecule has 3 heteroatoms. The topological polar surface area (TPSA) is 38.3 Å². The molecule has 1 aliphatic rings.